The minimum atomic E-state index is -0.829. The normalized spacial score (nSPS) is 17.2. The maximum atomic E-state index is 12.3. The molecule has 0 radical (unpaired) electrons. The number of carbonyl (C=O) groups is 1. The summed E-state index contributed by atoms with van der Waals surface area (Å²) in [5.41, 5.74) is -0.484. The minimum Gasteiger partial charge on any atom is -0.496 e. The highest BCUT2D eigenvalue weighted by Gasteiger charge is 2.43. The van der Waals surface area contributed by atoms with Gasteiger partial charge in [0.05, 0.1) is 18.7 Å². The van der Waals surface area contributed by atoms with E-state index in [-0.39, 0.29) is 11.8 Å². The van der Waals surface area contributed by atoms with Gasteiger partial charge in [-0.15, -0.1) is 0 Å². The highest BCUT2D eigenvalue weighted by Crippen LogP contribution is 2.39. The van der Waals surface area contributed by atoms with Crippen molar-refractivity contribution in [2.24, 2.45) is 5.92 Å². The predicted octanol–water partition coefficient (Wildman–Crippen LogP) is 2.77. The summed E-state index contributed by atoms with van der Waals surface area (Å²) in [6.45, 7) is 1.75. The lowest BCUT2D eigenvalue weighted by Gasteiger charge is -2.23. The number of ether oxygens (including phenoxy) is 1. The van der Waals surface area contributed by atoms with Crippen LogP contribution in [0, 0.1) is 17.2 Å². The molecule has 1 aromatic rings. The van der Waals surface area contributed by atoms with Crippen LogP contribution in [-0.2, 0) is 0 Å². The van der Waals surface area contributed by atoms with Gasteiger partial charge in [0.15, 0.2) is 0 Å². The molecule has 1 N–H and O–H groups in total. The van der Waals surface area contributed by atoms with Gasteiger partial charge in [-0.05, 0) is 43.9 Å². The Hall–Kier alpha value is -1.73. The van der Waals surface area contributed by atoms with Crippen LogP contribution in [0.15, 0.2) is 18.2 Å². The molecule has 0 aliphatic heterocycles. The average molecular weight is 279 g/mol. The van der Waals surface area contributed by atoms with Gasteiger partial charge in [0.1, 0.15) is 11.3 Å². The van der Waals surface area contributed by atoms with Gasteiger partial charge in [-0.2, -0.15) is 5.26 Å². The third-order valence-corrected chi connectivity index (χ3v) is 3.64. The molecule has 0 saturated heterocycles. The molecule has 19 heavy (non-hydrogen) atoms. The number of benzene rings is 1. The van der Waals surface area contributed by atoms with Crippen molar-refractivity contribution in [2.45, 2.75) is 25.3 Å². The van der Waals surface area contributed by atoms with Crippen LogP contribution in [0.5, 0.6) is 5.75 Å². The van der Waals surface area contributed by atoms with Crippen molar-refractivity contribution in [2.75, 3.05) is 7.11 Å². The van der Waals surface area contributed by atoms with E-state index < -0.39 is 5.54 Å². The van der Waals surface area contributed by atoms with Crippen LogP contribution in [-0.4, -0.2) is 18.6 Å². The molecule has 100 valence electrons. The van der Waals surface area contributed by atoms with E-state index in [1.807, 2.05) is 0 Å². The smallest absolute Gasteiger partial charge is 0.256 e. The third-order valence-electron chi connectivity index (χ3n) is 3.41. The molecule has 1 atom stereocenters. The summed E-state index contributed by atoms with van der Waals surface area (Å²) in [6, 6.07) is 7.02. The monoisotopic (exact) mass is 278 g/mol. The number of nitriles is 1. The first-order chi connectivity index (χ1) is 9.00. The van der Waals surface area contributed by atoms with Gasteiger partial charge in [0.2, 0.25) is 0 Å². The summed E-state index contributed by atoms with van der Waals surface area (Å²) in [5, 5.41) is 12.5. The van der Waals surface area contributed by atoms with E-state index >= 15 is 0 Å². The van der Waals surface area contributed by atoms with Crippen molar-refractivity contribution >= 4 is 17.5 Å². The molecular weight excluding hydrogens is 264 g/mol. The highest BCUT2D eigenvalue weighted by molar-refractivity contribution is 6.31. The predicted molar refractivity (Wildman–Crippen MR) is 72.2 cm³/mol. The van der Waals surface area contributed by atoms with Gasteiger partial charge >= 0.3 is 0 Å². The Bertz CT molecular complexity index is 549. The summed E-state index contributed by atoms with van der Waals surface area (Å²) in [5.74, 6) is 0.333. The van der Waals surface area contributed by atoms with E-state index in [1.54, 1.807) is 25.1 Å². The summed E-state index contributed by atoms with van der Waals surface area (Å²) < 4.78 is 5.14. The molecule has 1 aliphatic rings. The van der Waals surface area contributed by atoms with Crippen molar-refractivity contribution in [1.29, 1.82) is 5.26 Å². The molecule has 1 saturated carbocycles. The quantitative estimate of drug-likeness (QED) is 0.921. The first-order valence-electron chi connectivity index (χ1n) is 6.07. The van der Waals surface area contributed by atoms with Crippen LogP contribution in [0.2, 0.25) is 5.02 Å². The fraction of sp³-hybridized carbons (Fsp3) is 0.429. The number of halogens is 1. The molecule has 4 nitrogen and oxygen atoms in total. The molecule has 1 fully saturated rings. The number of carbonyl (C=O) groups excluding carboxylic acids is 1. The fourth-order valence-corrected chi connectivity index (χ4v) is 2.21. The van der Waals surface area contributed by atoms with Crippen molar-refractivity contribution in [3.05, 3.63) is 28.8 Å². The molecule has 0 spiro atoms. The van der Waals surface area contributed by atoms with E-state index in [2.05, 4.69) is 11.4 Å². The second-order valence-corrected chi connectivity index (χ2v) is 5.32. The number of hydrogen-bond donors (Lipinski definition) is 1. The fourth-order valence-electron chi connectivity index (χ4n) is 2.04. The van der Waals surface area contributed by atoms with Crippen LogP contribution in [0.25, 0.3) is 0 Å². The van der Waals surface area contributed by atoms with E-state index in [1.165, 1.54) is 7.11 Å². The molecular formula is C14H15ClN2O2. The lowest BCUT2D eigenvalue weighted by Crippen LogP contribution is -2.46. The molecule has 0 aromatic heterocycles. The molecule has 1 aliphatic carbocycles. The Kier molecular flexibility index (Phi) is 3.68. The van der Waals surface area contributed by atoms with Gasteiger partial charge < -0.3 is 10.1 Å². The molecule has 2 rings (SSSR count). The number of hydrogen-bond acceptors (Lipinski definition) is 3. The lowest BCUT2D eigenvalue weighted by atomic mass is 9.97. The first-order valence-corrected chi connectivity index (χ1v) is 6.45. The van der Waals surface area contributed by atoms with Gasteiger partial charge in [-0.1, -0.05) is 11.6 Å². The van der Waals surface area contributed by atoms with Gasteiger partial charge in [0, 0.05) is 5.02 Å². The highest BCUT2D eigenvalue weighted by atomic mass is 35.5. The molecule has 0 bridgehead atoms. The molecule has 0 unspecified atom stereocenters. The van der Waals surface area contributed by atoms with Crippen LogP contribution < -0.4 is 10.1 Å². The zero-order valence-electron chi connectivity index (χ0n) is 10.9. The van der Waals surface area contributed by atoms with Crippen molar-refractivity contribution < 1.29 is 9.53 Å². The Morgan fingerprint density at radius 3 is 2.79 bits per heavy atom. The van der Waals surface area contributed by atoms with E-state index in [9.17, 15) is 10.1 Å². The van der Waals surface area contributed by atoms with E-state index in [4.69, 9.17) is 16.3 Å². The second kappa shape index (κ2) is 5.10. The molecule has 0 heterocycles. The van der Waals surface area contributed by atoms with Gasteiger partial charge in [0.25, 0.3) is 5.91 Å². The number of methoxy groups -OCH3 is 1. The number of amides is 1. The topological polar surface area (TPSA) is 62.1 Å². The Morgan fingerprint density at radius 2 is 2.26 bits per heavy atom. The standard InChI is InChI=1S/C14H15ClN2O2/c1-14(8-16,9-3-4-9)17-13(18)11-7-10(15)5-6-12(11)19-2/h5-7,9H,3-4H2,1-2H3,(H,17,18)/t14-/m0/s1. The van der Waals surface area contributed by atoms with E-state index in [0.717, 1.165) is 12.8 Å². The SMILES string of the molecule is COc1ccc(Cl)cc1C(=O)N[C@@](C)(C#N)C1CC1. The van der Waals surface area contributed by atoms with Crippen LogP contribution in [0.1, 0.15) is 30.1 Å². The van der Waals surface area contributed by atoms with Crippen molar-refractivity contribution in [3.8, 4) is 11.8 Å². The molecule has 1 amide bonds. The Balaban J connectivity index is 2.25. The molecule has 1 aromatic carbocycles. The van der Waals surface area contributed by atoms with Crippen LogP contribution in [0.4, 0.5) is 0 Å². The lowest BCUT2D eigenvalue weighted by molar-refractivity contribution is 0.0914. The minimum absolute atomic E-state index is 0.228. The number of rotatable bonds is 4. The zero-order valence-corrected chi connectivity index (χ0v) is 11.6. The summed E-state index contributed by atoms with van der Waals surface area (Å²) in [7, 11) is 1.49. The largest absolute Gasteiger partial charge is 0.496 e. The first kappa shape index (κ1) is 13.7. The van der Waals surface area contributed by atoms with Gasteiger partial charge in [-0.3, -0.25) is 4.79 Å². The van der Waals surface area contributed by atoms with Crippen molar-refractivity contribution in [3.63, 3.8) is 0 Å². The summed E-state index contributed by atoms with van der Waals surface area (Å²) in [4.78, 5) is 12.3. The Labute approximate surface area is 117 Å². The third kappa shape index (κ3) is 2.82. The average Bonchev–Trinajstić information content (AvgIpc) is 3.23. The zero-order chi connectivity index (χ0) is 14.0. The number of nitrogens with one attached hydrogen (secondary N) is 1. The van der Waals surface area contributed by atoms with Crippen molar-refractivity contribution in [1.82, 2.24) is 5.32 Å². The van der Waals surface area contributed by atoms with Crippen LogP contribution >= 0.6 is 11.6 Å². The maximum Gasteiger partial charge on any atom is 0.256 e. The van der Waals surface area contributed by atoms with E-state index in [0.29, 0.717) is 16.3 Å². The summed E-state index contributed by atoms with van der Waals surface area (Å²) >= 11 is 5.90. The van der Waals surface area contributed by atoms with Crippen LogP contribution in [0.3, 0.4) is 0 Å². The summed E-state index contributed by atoms with van der Waals surface area (Å²) in [6.07, 6.45) is 1.94. The Morgan fingerprint density at radius 1 is 1.58 bits per heavy atom. The molecule has 5 heteroatoms. The second-order valence-electron chi connectivity index (χ2n) is 4.89. The van der Waals surface area contributed by atoms with Gasteiger partial charge in [-0.25, -0.2) is 0 Å². The maximum absolute atomic E-state index is 12.3. The number of nitrogens with zero attached hydrogens (tertiary/aromatic N) is 1.